The molecule has 8 nitrogen and oxygen atoms in total. The Bertz CT molecular complexity index is 1110. The van der Waals surface area contributed by atoms with Crippen LogP contribution in [0.5, 0.6) is 0 Å². The van der Waals surface area contributed by atoms with E-state index in [1.54, 1.807) is 6.92 Å². The number of esters is 1. The summed E-state index contributed by atoms with van der Waals surface area (Å²) < 4.78 is 5.35. The van der Waals surface area contributed by atoms with Crippen molar-refractivity contribution in [2.45, 2.75) is 38.8 Å². The molecule has 2 heterocycles. The SMILES string of the molecule is CCOC(=O)C1=C(CN2CCC(NC(=O)c3ccccc3C)CC2)NC(=O)NC1c1ccccc1. The number of carbonyl (C=O) groups excluding carboxylic acids is 3. The molecule has 1 unspecified atom stereocenters. The molecular formula is C27H32N4O4. The first-order valence-electron chi connectivity index (χ1n) is 12.1. The predicted octanol–water partition coefficient (Wildman–Crippen LogP) is 3.06. The summed E-state index contributed by atoms with van der Waals surface area (Å²) in [6.07, 6.45) is 1.57. The van der Waals surface area contributed by atoms with Gasteiger partial charge in [-0.05, 0) is 43.9 Å². The molecule has 2 aromatic rings. The van der Waals surface area contributed by atoms with Crippen LogP contribution in [0.4, 0.5) is 4.79 Å². The fourth-order valence-corrected chi connectivity index (χ4v) is 4.64. The number of amides is 3. The minimum absolute atomic E-state index is 0.0508. The van der Waals surface area contributed by atoms with Crippen LogP contribution in [0.3, 0.4) is 0 Å². The van der Waals surface area contributed by atoms with Gasteiger partial charge in [0.2, 0.25) is 0 Å². The van der Waals surface area contributed by atoms with Gasteiger partial charge in [0, 0.05) is 36.9 Å². The van der Waals surface area contributed by atoms with Crippen LogP contribution in [0.15, 0.2) is 65.9 Å². The van der Waals surface area contributed by atoms with Crippen molar-refractivity contribution in [1.29, 1.82) is 0 Å². The maximum absolute atomic E-state index is 12.9. The molecule has 2 aliphatic heterocycles. The summed E-state index contributed by atoms with van der Waals surface area (Å²) in [6, 6.07) is 16.1. The average molecular weight is 477 g/mol. The van der Waals surface area contributed by atoms with Crippen LogP contribution >= 0.6 is 0 Å². The maximum atomic E-state index is 12.9. The molecule has 2 aliphatic rings. The summed E-state index contributed by atoms with van der Waals surface area (Å²) in [4.78, 5) is 40.3. The Labute approximate surface area is 205 Å². The van der Waals surface area contributed by atoms with E-state index in [0.717, 1.165) is 37.1 Å². The topological polar surface area (TPSA) is 99.8 Å². The van der Waals surface area contributed by atoms with Gasteiger partial charge in [-0.3, -0.25) is 9.69 Å². The van der Waals surface area contributed by atoms with Crippen LogP contribution in [0, 0.1) is 6.92 Å². The molecule has 184 valence electrons. The minimum Gasteiger partial charge on any atom is -0.463 e. The third kappa shape index (κ3) is 5.89. The second-order valence-electron chi connectivity index (χ2n) is 8.89. The molecule has 2 aromatic carbocycles. The Morgan fingerprint density at radius 2 is 1.74 bits per heavy atom. The molecule has 0 spiro atoms. The molecule has 0 bridgehead atoms. The van der Waals surface area contributed by atoms with E-state index in [4.69, 9.17) is 4.74 Å². The van der Waals surface area contributed by atoms with Crippen molar-refractivity contribution in [3.8, 4) is 0 Å². The predicted molar refractivity (Wildman–Crippen MR) is 133 cm³/mol. The third-order valence-electron chi connectivity index (χ3n) is 6.48. The van der Waals surface area contributed by atoms with Gasteiger partial charge in [-0.2, -0.15) is 0 Å². The number of urea groups is 1. The van der Waals surface area contributed by atoms with Crippen molar-refractivity contribution < 1.29 is 19.1 Å². The zero-order valence-electron chi connectivity index (χ0n) is 20.2. The number of hydrogen-bond donors (Lipinski definition) is 3. The van der Waals surface area contributed by atoms with Gasteiger partial charge in [0.15, 0.2) is 0 Å². The van der Waals surface area contributed by atoms with Gasteiger partial charge in [-0.15, -0.1) is 0 Å². The molecule has 0 radical (unpaired) electrons. The van der Waals surface area contributed by atoms with E-state index in [1.165, 1.54) is 0 Å². The number of carbonyl (C=O) groups is 3. The lowest BCUT2D eigenvalue weighted by molar-refractivity contribution is -0.139. The fraction of sp³-hybridized carbons (Fsp3) is 0.370. The van der Waals surface area contributed by atoms with Gasteiger partial charge in [0.05, 0.1) is 18.2 Å². The van der Waals surface area contributed by atoms with Gasteiger partial charge in [0.25, 0.3) is 5.91 Å². The molecule has 35 heavy (non-hydrogen) atoms. The van der Waals surface area contributed by atoms with E-state index in [-0.39, 0.29) is 24.6 Å². The Balaban J connectivity index is 1.45. The van der Waals surface area contributed by atoms with Crippen molar-refractivity contribution in [3.05, 3.63) is 82.6 Å². The van der Waals surface area contributed by atoms with E-state index in [0.29, 0.717) is 23.4 Å². The van der Waals surface area contributed by atoms with Crippen molar-refractivity contribution in [2.24, 2.45) is 0 Å². The van der Waals surface area contributed by atoms with Gasteiger partial charge >= 0.3 is 12.0 Å². The number of piperidine rings is 1. The minimum atomic E-state index is -0.579. The molecule has 0 saturated carbocycles. The molecule has 1 atom stereocenters. The van der Waals surface area contributed by atoms with Gasteiger partial charge in [-0.25, -0.2) is 9.59 Å². The van der Waals surface area contributed by atoms with Crippen LogP contribution in [-0.2, 0) is 9.53 Å². The average Bonchev–Trinajstić information content (AvgIpc) is 2.86. The first-order valence-corrected chi connectivity index (χ1v) is 12.1. The Hall–Kier alpha value is -3.65. The number of nitrogens with one attached hydrogen (secondary N) is 3. The van der Waals surface area contributed by atoms with E-state index in [2.05, 4.69) is 20.9 Å². The highest BCUT2D eigenvalue weighted by Gasteiger charge is 2.34. The highest BCUT2D eigenvalue weighted by molar-refractivity contribution is 5.96. The number of benzene rings is 2. The lowest BCUT2D eigenvalue weighted by Crippen LogP contribution is -2.50. The van der Waals surface area contributed by atoms with Crippen LogP contribution in [0.25, 0.3) is 0 Å². The van der Waals surface area contributed by atoms with Crippen LogP contribution in [0.1, 0.15) is 47.3 Å². The second-order valence-corrected chi connectivity index (χ2v) is 8.89. The van der Waals surface area contributed by atoms with E-state index in [9.17, 15) is 14.4 Å². The number of likely N-dealkylation sites (tertiary alicyclic amines) is 1. The van der Waals surface area contributed by atoms with E-state index < -0.39 is 12.0 Å². The number of rotatable bonds is 7. The van der Waals surface area contributed by atoms with Crippen molar-refractivity contribution in [2.75, 3.05) is 26.2 Å². The Morgan fingerprint density at radius 1 is 1.06 bits per heavy atom. The monoisotopic (exact) mass is 476 g/mol. The van der Waals surface area contributed by atoms with E-state index >= 15 is 0 Å². The summed E-state index contributed by atoms with van der Waals surface area (Å²) in [5.74, 6) is -0.491. The zero-order valence-corrected chi connectivity index (χ0v) is 20.2. The van der Waals surface area contributed by atoms with Gasteiger partial charge < -0.3 is 20.7 Å². The highest BCUT2D eigenvalue weighted by Crippen LogP contribution is 2.28. The molecular weight excluding hydrogens is 444 g/mol. The molecule has 3 amide bonds. The zero-order chi connectivity index (χ0) is 24.8. The summed E-state index contributed by atoms with van der Waals surface area (Å²) in [7, 11) is 0. The van der Waals surface area contributed by atoms with Gasteiger partial charge in [0.1, 0.15) is 0 Å². The summed E-state index contributed by atoms with van der Waals surface area (Å²) in [5, 5.41) is 8.85. The molecule has 3 N–H and O–H groups in total. The normalized spacial score (nSPS) is 19.0. The largest absolute Gasteiger partial charge is 0.463 e. The lowest BCUT2D eigenvalue weighted by atomic mass is 9.94. The Morgan fingerprint density at radius 3 is 2.43 bits per heavy atom. The summed E-state index contributed by atoms with van der Waals surface area (Å²) in [5.41, 5.74) is 3.45. The summed E-state index contributed by atoms with van der Waals surface area (Å²) >= 11 is 0. The number of hydrogen-bond acceptors (Lipinski definition) is 5. The van der Waals surface area contributed by atoms with Gasteiger partial charge in [-0.1, -0.05) is 48.5 Å². The first-order chi connectivity index (χ1) is 17.0. The molecule has 1 fully saturated rings. The van der Waals surface area contributed by atoms with Crippen LogP contribution in [0.2, 0.25) is 0 Å². The molecule has 8 heteroatoms. The van der Waals surface area contributed by atoms with E-state index in [1.807, 2.05) is 61.5 Å². The number of aryl methyl sites for hydroxylation is 1. The number of nitrogens with zero attached hydrogens (tertiary/aromatic N) is 1. The fourth-order valence-electron chi connectivity index (χ4n) is 4.64. The Kier molecular flexibility index (Phi) is 7.82. The number of ether oxygens (including phenoxy) is 1. The molecule has 4 rings (SSSR count). The maximum Gasteiger partial charge on any atom is 0.338 e. The molecule has 0 aliphatic carbocycles. The highest BCUT2D eigenvalue weighted by atomic mass is 16.5. The first kappa shape index (κ1) is 24.5. The van der Waals surface area contributed by atoms with Crippen molar-refractivity contribution >= 4 is 17.9 Å². The van der Waals surface area contributed by atoms with Crippen molar-refractivity contribution in [3.63, 3.8) is 0 Å². The summed E-state index contributed by atoms with van der Waals surface area (Å²) in [6.45, 7) is 5.83. The second kappa shape index (κ2) is 11.2. The van der Waals surface area contributed by atoms with Crippen LogP contribution < -0.4 is 16.0 Å². The molecule has 0 aromatic heterocycles. The quantitative estimate of drug-likeness (QED) is 0.534. The smallest absolute Gasteiger partial charge is 0.338 e. The van der Waals surface area contributed by atoms with Crippen molar-refractivity contribution in [1.82, 2.24) is 20.9 Å². The standard InChI is InChI=1S/C27H32N4O4/c1-3-35-26(33)23-22(29-27(34)30-24(23)19-10-5-4-6-11-19)17-31-15-13-20(14-16-31)28-25(32)21-12-8-7-9-18(21)2/h4-12,20,24H,3,13-17H2,1-2H3,(H,28,32)(H2,29,30,34). The third-order valence-corrected chi connectivity index (χ3v) is 6.48. The lowest BCUT2D eigenvalue weighted by Gasteiger charge is -2.35. The molecule has 1 saturated heterocycles. The van der Waals surface area contributed by atoms with Crippen LogP contribution in [-0.4, -0.2) is 55.1 Å².